The highest BCUT2D eigenvalue weighted by Crippen LogP contribution is 2.14. The number of carbonyl (C=O) groups excluding carboxylic acids is 3. The first-order valence-electron chi connectivity index (χ1n) is 21.0. The molecule has 0 aliphatic rings. The Bertz CT molecular complexity index is 719. The molecule has 1 unspecified atom stereocenters. The van der Waals surface area contributed by atoms with E-state index in [9.17, 15) is 19.5 Å². The van der Waals surface area contributed by atoms with Gasteiger partial charge in [-0.05, 0) is 12.8 Å². The molecule has 0 bridgehead atoms. The molecule has 9 nitrogen and oxygen atoms in total. The molecular weight excluding hydrogens is 632 g/mol. The number of hydrogen-bond donors (Lipinski definition) is 3. The molecule has 0 aromatic carbocycles. The standard InChI is InChI=1S/C41H80N2O7/c1-3-5-7-9-11-13-15-17-19-21-23-25-27-29-39(46)49-35-32-43(41(48)38(37-45)42-31-34-44)33-36-50-40(47)30-28-26-24-22-20-18-16-14-12-10-8-6-4-2/h38,42,44-45H,3-37H2,1-2H3. The maximum atomic E-state index is 13.1. The summed E-state index contributed by atoms with van der Waals surface area (Å²) in [6, 6.07) is -0.898. The summed E-state index contributed by atoms with van der Waals surface area (Å²) in [6.45, 7) is 4.40. The number of ether oxygens (including phenoxy) is 2. The Morgan fingerprint density at radius 3 is 1.14 bits per heavy atom. The smallest absolute Gasteiger partial charge is 0.305 e. The zero-order valence-corrected chi connectivity index (χ0v) is 32.7. The molecule has 50 heavy (non-hydrogen) atoms. The van der Waals surface area contributed by atoms with Crippen molar-refractivity contribution in [3.8, 4) is 0 Å². The van der Waals surface area contributed by atoms with E-state index in [0.717, 1.165) is 38.5 Å². The predicted molar refractivity (Wildman–Crippen MR) is 205 cm³/mol. The number of nitrogens with zero attached hydrogens (tertiary/aromatic N) is 1. The van der Waals surface area contributed by atoms with E-state index in [1.165, 1.54) is 133 Å². The molecule has 3 N–H and O–H groups in total. The lowest BCUT2D eigenvalue weighted by molar-refractivity contribution is -0.148. The number of carbonyl (C=O) groups is 3. The van der Waals surface area contributed by atoms with Crippen LogP contribution in [0.25, 0.3) is 0 Å². The van der Waals surface area contributed by atoms with Crippen LogP contribution in [0.3, 0.4) is 0 Å². The lowest BCUT2D eigenvalue weighted by atomic mass is 10.0. The third-order valence-corrected chi connectivity index (χ3v) is 9.51. The van der Waals surface area contributed by atoms with Gasteiger partial charge in [0.15, 0.2) is 0 Å². The van der Waals surface area contributed by atoms with Gasteiger partial charge in [0, 0.05) is 19.4 Å². The van der Waals surface area contributed by atoms with Gasteiger partial charge in [-0.25, -0.2) is 0 Å². The molecule has 296 valence electrons. The van der Waals surface area contributed by atoms with Crippen LogP contribution in [0, 0.1) is 0 Å². The van der Waals surface area contributed by atoms with E-state index in [2.05, 4.69) is 19.2 Å². The normalized spacial score (nSPS) is 11.8. The van der Waals surface area contributed by atoms with Gasteiger partial charge in [-0.15, -0.1) is 0 Å². The van der Waals surface area contributed by atoms with Crippen molar-refractivity contribution in [3.63, 3.8) is 0 Å². The van der Waals surface area contributed by atoms with Gasteiger partial charge < -0.3 is 29.9 Å². The molecule has 0 radical (unpaired) electrons. The average Bonchev–Trinajstić information content (AvgIpc) is 3.11. The largest absolute Gasteiger partial charge is 0.464 e. The Labute approximate surface area is 307 Å². The summed E-state index contributed by atoms with van der Waals surface area (Å²) in [5, 5.41) is 21.7. The first-order valence-corrected chi connectivity index (χ1v) is 21.0. The summed E-state index contributed by atoms with van der Waals surface area (Å²) in [5.41, 5.74) is 0. The van der Waals surface area contributed by atoms with E-state index in [0.29, 0.717) is 12.8 Å². The number of unbranched alkanes of at least 4 members (excludes halogenated alkanes) is 24. The fraction of sp³-hybridized carbons (Fsp3) is 0.927. The van der Waals surface area contributed by atoms with Crippen LogP contribution in [-0.4, -0.2) is 85.1 Å². The zero-order chi connectivity index (χ0) is 36.8. The number of amides is 1. The zero-order valence-electron chi connectivity index (χ0n) is 32.7. The summed E-state index contributed by atoms with van der Waals surface area (Å²) >= 11 is 0. The number of hydrogen-bond acceptors (Lipinski definition) is 8. The maximum Gasteiger partial charge on any atom is 0.305 e. The molecule has 0 saturated carbocycles. The summed E-state index contributed by atoms with van der Waals surface area (Å²) in [7, 11) is 0. The molecule has 1 amide bonds. The first kappa shape index (κ1) is 48.3. The van der Waals surface area contributed by atoms with E-state index in [-0.39, 0.29) is 57.3 Å². The molecule has 1 atom stereocenters. The number of esters is 2. The van der Waals surface area contributed by atoms with Crippen molar-refractivity contribution in [1.82, 2.24) is 10.2 Å². The molecule has 0 aliphatic carbocycles. The second kappa shape index (κ2) is 38.5. The van der Waals surface area contributed by atoms with Gasteiger partial charge in [-0.2, -0.15) is 0 Å². The molecule has 0 fully saturated rings. The van der Waals surface area contributed by atoms with Crippen LogP contribution in [0.5, 0.6) is 0 Å². The minimum atomic E-state index is -0.898. The van der Waals surface area contributed by atoms with Gasteiger partial charge in [0.2, 0.25) is 5.91 Å². The monoisotopic (exact) mass is 713 g/mol. The predicted octanol–water partition coefficient (Wildman–Crippen LogP) is 8.81. The number of aliphatic hydroxyl groups excluding tert-OH is 2. The third kappa shape index (κ3) is 32.2. The van der Waals surface area contributed by atoms with Crippen LogP contribution in [0.1, 0.15) is 194 Å². The highest BCUT2D eigenvalue weighted by Gasteiger charge is 2.24. The topological polar surface area (TPSA) is 125 Å². The van der Waals surface area contributed by atoms with Crippen LogP contribution >= 0.6 is 0 Å². The number of rotatable bonds is 39. The summed E-state index contributed by atoms with van der Waals surface area (Å²) < 4.78 is 10.8. The Balaban J connectivity index is 4.18. The summed E-state index contributed by atoms with van der Waals surface area (Å²) in [4.78, 5) is 39.2. The minimum Gasteiger partial charge on any atom is -0.464 e. The van der Waals surface area contributed by atoms with Gasteiger partial charge >= 0.3 is 11.9 Å². The van der Waals surface area contributed by atoms with Crippen molar-refractivity contribution in [2.75, 3.05) is 46.1 Å². The minimum absolute atomic E-state index is 0.0358. The van der Waals surface area contributed by atoms with E-state index < -0.39 is 12.6 Å². The molecule has 9 heteroatoms. The van der Waals surface area contributed by atoms with Crippen molar-refractivity contribution in [3.05, 3.63) is 0 Å². The van der Waals surface area contributed by atoms with Gasteiger partial charge in [0.05, 0.1) is 26.3 Å². The molecule has 0 aromatic heterocycles. The molecule has 0 heterocycles. The van der Waals surface area contributed by atoms with Crippen LogP contribution in [0.15, 0.2) is 0 Å². The van der Waals surface area contributed by atoms with Crippen LogP contribution in [0.2, 0.25) is 0 Å². The lowest BCUT2D eigenvalue weighted by Gasteiger charge is -2.27. The van der Waals surface area contributed by atoms with Crippen molar-refractivity contribution in [2.45, 2.75) is 200 Å². The SMILES string of the molecule is CCCCCCCCCCCCCCCC(=O)OCCN(CCOC(=O)CCCCCCCCCCCCCCC)C(=O)C(CO)NCCO. The average molecular weight is 713 g/mol. The maximum absolute atomic E-state index is 13.1. The summed E-state index contributed by atoms with van der Waals surface area (Å²) in [6.07, 6.45) is 33.1. The van der Waals surface area contributed by atoms with Crippen LogP contribution in [0.4, 0.5) is 0 Å². The van der Waals surface area contributed by atoms with Gasteiger partial charge in [-0.3, -0.25) is 14.4 Å². The third-order valence-electron chi connectivity index (χ3n) is 9.51. The van der Waals surface area contributed by atoms with Gasteiger partial charge in [-0.1, -0.05) is 168 Å². The van der Waals surface area contributed by atoms with Crippen molar-refractivity contribution in [2.24, 2.45) is 0 Å². The first-order chi connectivity index (χ1) is 24.5. The second-order valence-corrected chi connectivity index (χ2v) is 14.2. The fourth-order valence-electron chi connectivity index (χ4n) is 6.28. The molecular formula is C41H80N2O7. The van der Waals surface area contributed by atoms with E-state index in [4.69, 9.17) is 14.6 Å². The van der Waals surface area contributed by atoms with E-state index >= 15 is 0 Å². The molecule has 0 saturated heterocycles. The lowest BCUT2D eigenvalue weighted by Crippen LogP contribution is -2.51. The number of nitrogens with one attached hydrogen (secondary N) is 1. The Kier molecular flexibility index (Phi) is 37.2. The molecule has 0 aliphatic heterocycles. The Hall–Kier alpha value is -1.71. The Morgan fingerprint density at radius 1 is 0.520 bits per heavy atom. The molecule has 0 spiro atoms. The quantitative estimate of drug-likeness (QED) is 0.0427. The highest BCUT2D eigenvalue weighted by atomic mass is 16.5. The molecule has 0 rings (SSSR count). The van der Waals surface area contributed by atoms with Crippen molar-refractivity contribution < 1.29 is 34.1 Å². The van der Waals surface area contributed by atoms with Crippen LogP contribution in [-0.2, 0) is 23.9 Å². The molecule has 0 aromatic rings. The summed E-state index contributed by atoms with van der Waals surface area (Å²) in [5.74, 6) is -0.940. The number of aliphatic hydroxyl groups is 2. The van der Waals surface area contributed by atoms with Gasteiger partial charge in [0.1, 0.15) is 19.3 Å². The van der Waals surface area contributed by atoms with Crippen molar-refractivity contribution >= 4 is 17.8 Å². The highest BCUT2D eigenvalue weighted by molar-refractivity contribution is 5.82. The fourth-order valence-corrected chi connectivity index (χ4v) is 6.28. The van der Waals surface area contributed by atoms with Crippen molar-refractivity contribution in [1.29, 1.82) is 0 Å². The van der Waals surface area contributed by atoms with Gasteiger partial charge in [0.25, 0.3) is 0 Å². The van der Waals surface area contributed by atoms with Crippen LogP contribution < -0.4 is 5.32 Å². The second-order valence-electron chi connectivity index (χ2n) is 14.2. The van der Waals surface area contributed by atoms with E-state index in [1.54, 1.807) is 0 Å². The Morgan fingerprint density at radius 2 is 0.840 bits per heavy atom. The van der Waals surface area contributed by atoms with E-state index in [1.807, 2.05) is 0 Å².